The molecule has 110 valence electrons. The SMILES string of the molecule is CCSc1cccc(NCC2(C)CCCC2)c1C(=O)O. The maximum atomic E-state index is 11.5. The van der Waals surface area contributed by atoms with Crippen LogP contribution >= 0.6 is 11.8 Å². The largest absolute Gasteiger partial charge is 0.478 e. The van der Waals surface area contributed by atoms with Crippen LogP contribution in [0.2, 0.25) is 0 Å². The molecule has 1 fully saturated rings. The second-order valence-electron chi connectivity index (χ2n) is 5.79. The van der Waals surface area contributed by atoms with Gasteiger partial charge < -0.3 is 10.4 Å². The highest BCUT2D eigenvalue weighted by molar-refractivity contribution is 7.99. The van der Waals surface area contributed by atoms with Crippen LogP contribution in [0.25, 0.3) is 0 Å². The molecule has 1 saturated carbocycles. The summed E-state index contributed by atoms with van der Waals surface area (Å²) in [6, 6.07) is 5.70. The van der Waals surface area contributed by atoms with Gasteiger partial charge in [0.1, 0.15) is 0 Å². The van der Waals surface area contributed by atoms with Gasteiger partial charge in [-0.2, -0.15) is 0 Å². The van der Waals surface area contributed by atoms with Gasteiger partial charge >= 0.3 is 5.97 Å². The van der Waals surface area contributed by atoms with Crippen molar-refractivity contribution in [3.05, 3.63) is 23.8 Å². The topological polar surface area (TPSA) is 49.3 Å². The van der Waals surface area contributed by atoms with Crippen LogP contribution in [0, 0.1) is 5.41 Å². The highest BCUT2D eigenvalue weighted by atomic mass is 32.2. The molecule has 0 aromatic heterocycles. The number of aromatic carboxylic acids is 1. The Bertz CT molecular complexity index is 481. The summed E-state index contributed by atoms with van der Waals surface area (Å²) in [6.07, 6.45) is 5.03. The second kappa shape index (κ2) is 6.53. The maximum absolute atomic E-state index is 11.5. The van der Waals surface area contributed by atoms with Crippen LogP contribution in [-0.4, -0.2) is 23.4 Å². The normalized spacial score (nSPS) is 17.1. The average Bonchev–Trinajstić information content (AvgIpc) is 2.84. The van der Waals surface area contributed by atoms with Crippen LogP contribution in [-0.2, 0) is 0 Å². The summed E-state index contributed by atoms with van der Waals surface area (Å²) >= 11 is 1.58. The van der Waals surface area contributed by atoms with Gasteiger partial charge in [-0.1, -0.05) is 32.8 Å². The van der Waals surface area contributed by atoms with E-state index in [0.29, 0.717) is 11.0 Å². The van der Waals surface area contributed by atoms with E-state index >= 15 is 0 Å². The molecule has 1 aliphatic rings. The third kappa shape index (κ3) is 3.48. The number of anilines is 1. The molecule has 0 saturated heterocycles. The van der Waals surface area contributed by atoms with Crippen LogP contribution in [0.15, 0.2) is 23.1 Å². The second-order valence-corrected chi connectivity index (χ2v) is 7.09. The molecule has 0 heterocycles. The van der Waals surface area contributed by atoms with E-state index in [0.717, 1.165) is 22.9 Å². The summed E-state index contributed by atoms with van der Waals surface area (Å²) in [7, 11) is 0. The molecule has 4 heteroatoms. The zero-order chi connectivity index (χ0) is 14.6. The quantitative estimate of drug-likeness (QED) is 0.759. The van der Waals surface area contributed by atoms with Crippen molar-refractivity contribution in [3.8, 4) is 0 Å². The molecule has 20 heavy (non-hydrogen) atoms. The fraction of sp³-hybridized carbons (Fsp3) is 0.562. The third-order valence-corrected chi connectivity index (χ3v) is 5.00. The van der Waals surface area contributed by atoms with Gasteiger partial charge in [0.25, 0.3) is 0 Å². The number of thioether (sulfide) groups is 1. The smallest absolute Gasteiger partial charge is 0.338 e. The van der Waals surface area contributed by atoms with E-state index in [9.17, 15) is 9.90 Å². The highest BCUT2D eigenvalue weighted by Gasteiger charge is 2.28. The Balaban J connectivity index is 2.18. The number of nitrogens with one attached hydrogen (secondary N) is 1. The van der Waals surface area contributed by atoms with Crippen molar-refractivity contribution in [2.75, 3.05) is 17.6 Å². The molecular formula is C16H23NO2S. The molecule has 0 spiro atoms. The van der Waals surface area contributed by atoms with Crippen molar-refractivity contribution in [2.45, 2.75) is 44.4 Å². The molecule has 1 aromatic rings. The predicted octanol–water partition coefficient (Wildman–Crippen LogP) is 4.49. The summed E-state index contributed by atoms with van der Waals surface area (Å²) in [5, 5.41) is 12.9. The van der Waals surface area contributed by atoms with E-state index in [1.54, 1.807) is 11.8 Å². The van der Waals surface area contributed by atoms with Crippen LogP contribution in [0.1, 0.15) is 49.9 Å². The zero-order valence-corrected chi connectivity index (χ0v) is 13.1. The van der Waals surface area contributed by atoms with Crippen molar-refractivity contribution < 1.29 is 9.90 Å². The molecule has 2 N–H and O–H groups in total. The molecule has 0 unspecified atom stereocenters. The van der Waals surface area contributed by atoms with Gasteiger partial charge in [0, 0.05) is 17.1 Å². The Morgan fingerprint density at radius 3 is 2.70 bits per heavy atom. The van der Waals surface area contributed by atoms with Gasteiger partial charge in [-0.05, 0) is 36.1 Å². The first kappa shape index (κ1) is 15.2. The lowest BCUT2D eigenvalue weighted by Gasteiger charge is -2.25. The lowest BCUT2D eigenvalue weighted by molar-refractivity contribution is 0.0694. The molecule has 0 bridgehead atoms. The predicted molar refractivity (Wildman–Crippen MR) is 84.9 cm³/mol. The maximum Gasteiger partial charge on any atom is 0.338 e. The van der Waals surface area contributed by atoms with E-state index in [4.69, 9.17) is 0 Å². The van der Waals surface area contributed by atoms with E-state index in [1.165, 1.54) is 25.7 Å². The minimum absolute atomic E-state index is 0.309. The minimum atomic E-state index is -0.847. The molecule has 3 nitrogen and oxygen atoms in total. The zero-order valence-electron chi connectivity index (χ0n) is 12.2. The fourth-order valence-corrected chi connectivity index (χ4v) is 3.72. The Morgan fingerprint density at radius 2 is 2.10 bits per heavy atom. The molecule has 2 rings (SSSR count). The van der Waals surface area contributed by atoms with Crippen molar-refractivity contribution in [1.29, 1.82) is 0 Å². The van der Waals surface area contributed by atoms with Gasteiger partial charge in [0.05, 0.1) is 5.56 Å². The molecule has 0 atom stereocenters. The van der Waals surface area contributed by atoms with Crippen LogP contribution < -0.4 is 5.32 Å². The molecule has 0 aliphatic heterocycles. The number of benzene rings is 1. The Labute approximate surface area is 125 Å². The van der Waals surface area contributed by atoms with E-state index < -0.39 is 5.97 Å². The van der Waals surface area contributed by atoms with Crippen molar-refractivity contribution in [3.63, 3.8) is 0 Å². The number of carbonyl (C=O) groups is 1. The summed E-state index contributed by atoms with van der Waals surface area (Å²) in [6.45, 7) is 5.18. The van der Waals surface area contributed by atoms with Crippen molar-refractivity contribution in [2.24, 2.45) is 5.41 Å². The lowest BCUT2D eigenvalue weighted by atomic mass is 9.89. The third-order valence-electron chi connectivity index (χ3n) is 4.06. The lowest BCUT2D eigenvalue weighted by Crippen LogP contribution is -2.24. The summed E-state index contributed by atoms with van der Waals surface area (Å²) in [5.74, 6) is 0.0298. The first-order valence-electron chi connectivity index (χ1n) is 7.29. The summed E-state index contributed by atoms with van der Waals surface area (Å²) < 4.78 is 0. The van der Waals surface area contributed by atoms with Crippen molar-refractivity contribution >= 4 is 23.4 Å². The van der Waals surface area contributed by atoms with Gasteiger partial charge in [-0.3, -0.25) is 0 Å². The highest BCUT2D eigenvalue weighted by Crippen LogP contribution is 2.38. The first-order valence-corrected chi connectivity index (χ1v) is 8.27. The number of carboxylic acid groups (broad SMARTS) is 1. The van der Waals surface area contributed by atoms with E-state index in [1.807, 2.05) is 25.1 Å². The van der Waals surface area contributed by atoms with Crippen molar-refractivity contribution in [1.82, 2.24) is 0 Å². The Kier molecular flexibility index (Phi) is 4.97. The Morgan fingerprint density at radius 1 is 1.40 bits per heavy atom. The number of carboxylic acids is 1. The van der Waals surface area contributed by atoms with Crippen LogP contribution in [0.3, 0.4) is 0 Å². The van der Waals surface area contributed by atoms with Gasteiger partial charge in [-0.25, -0.2) is 4.79 Å². The number of hydrogen-bond donors (Lipinski definition) is 2. The van der Waals surface area contributed by atoms with Gasteiger partial charge in [0.2, 0.25) is 0 Å². The number of rotatable bonds is 6. The average molecular weight is 293 g/mol. The molecular weight excluding hydrogens is 270 g/mol. The van der Waals surface area contributed by atoms with Gasteiger partial charge in [0.15, 0.2) is 0 Å². The van der Waals surface area contributed by atoms with Crippen LogP contribution in [0.5, 0.6) is 0 Å². The summed E-state index contributed by atoms with van der Waals surface area (Å²) in [5.41, 5.74) is 1.48. The summed E-state index contributed by atoms with van der Waals surface area (Å²) in [4.78, 5) is 12.4. The van der Waals surface area contributed by atoms with E-state index in [2.05, 4.69) is 12.2 Å². The monoisotopic (exact) mass is 293 g/mol. The van der Waals surface area contributed by atoms with E-state index in [-0.39, 0.29) is 0 Å². The molecule has 0 radical (unpaired) electrons. The molecule has 1 aliphatic carbocycles. The first-order chi connectivity index (χ1) is 9.56. The van der Waals surface area contributed by atoms with Crippen LogP contribution in [0.4, 0.5) is 5.69 Å². The standard InChI is InChI=1S/C16H23NO2S/c1-3-20-13-8-6-7-12(14(13)15(18)19)17-11-16(2)9-4-5-10-16/h6-8,17H,3-5,9-11H2,1-2H3,(H,18,19). The Hall–Kier alpha value is -1.16. The van der Waals surface area contributed by atoms with Gasteiger partial charge in [-0.15, -0.1) is 11.8 Å². The molecule has 0 amide bonds. The minimum Gasteiger partial charge on any atom is -0.478 e. The molecule has 1 aromatic carbocycles. The fourth-order valence-electron chi connectivity index (χ4n) is 2.89. The number of hydrogen-bond acceptors (Lipinski definition) is 3.